The SMILES string of the molecule is COc1ccc2cc(CN3CCOC(c4ncc(C)[nH]4)C3)ccc2c1. The van der Waals surface area contributed by atoms with Gasteiger partial charge in [0, 0.05) is 31.5 Å². The van der Waals surface area contributed by atoms with Gasteiger partial charge in [-0.15, -0.1) is 0 Å². The Morgan fingerprint density at radius 2 is 2.08 bits per heavy atom. The van der Waals surface area contributed by atoms with Crippen LogP contribution in [0.5, 0.6) is 5.75 Å². The Balaban J connectivity index is 1.48. The summed E-state index contributed by atoms with van der Waals surface area (Å²) in [4.78, 5) is 10.1. The molecule has 5 nitrogen and oxygen atoms in total. The van der Waals surface area contributed by atoms with Crippen molar-refractivity contribution in [1.29, 1.82) is 0 Å². The second kappa shape index (κ2) is 6.86. The molecule has 2 aromatic carbocycles. The van der Waals surface area contributed by atoms with E-state index in [9.17, 15) is 0 Å². The number of aromatic amines is 1. The zero-order valence-corrected chi connectivity index (χ0v) is 14.7. The third-order valence-corrected chi connectivity index (χ3v) is 4.70. The molecule has 1 atom stereocenters. The van der Waals surface area contributed by atoms with Crippen molar-refractivity contribution in [2.45, 2.75) is 19.6 Å². The maximum atomic E-state index is 5.89. The van der Waals surface area contributed by atoms with E-state index in [4.69, 9.17) is 9.47 Å². The summed E-state index contributed by atoms with van der Waals surface area (Å²) in [5, 5.41) is 2.44. The molecule has 2 heterocycles. The lowest BCUT2D eigenvalue weighted by atomic mass is 10.1. The van der Waals surface area contributed by atoms with Crippen LogP contribution in [0, 0.1) is 6.92 Å². The molecule has 0 bridgehead atoms. The number of fused-ring (bicyclic) bond motifs is 1. The van der Waals surface area contributed by atoms with Crippen molar-refractivity contribution in [3.63, 3.8) is 0 Å². The van der Waals surface area contributed by atoms with Crippen LogP contribution >= 0.6 is 0 Å². The number of hydrogen-bond donors (Lipinski definition) is 1. The maximum Gasteiger partial charge on any atom is 0.136 e. The van der Waals surface area contributed by atoms with E-state index in [1.165, 1.54) is 16.3 Å². The van der Waals surface area contributed by atoms with Crippen LogP contribution in [-0.4, -0.2) is 41.7 Å². The van der Waals surface area contributed by atoms with Crippen LogP contribution in [0.1, 0.15) is 23.2 Å². The molecule has 1 saturated heterocycles. The molecule has 1 aliphatic heterocycles. The summed E-state index contributed by atoms with van der Waals surface area (Å²) in [6.07, 6.45) is 1.88. The Morgan fingerprint density at radius 3 is 2.88 bits per heavy atom. The first-order valence-corrected chi connectivity index (χ1v) is 8.63. The van der Waals surface area contributed by atoms with Crippen LogP contribution in [0.2, 0.25) is 0 Å². The minimum Gasteiger partial charge on any atom is -0.497 e. The molecule has 25 heavy (non-hydrogen) atoms. The van der Waals surface area contributed by atoms with E-state index >= 15 is 0 Å². The first-order chi connectivity index (χ1) is 12.2. The molecule has 0 radical (unpaired) electrons. The van der Waals surface area contributed by atoms with Gasteiger partial charge in [0.15, 0.2) is 0 Å². The van der Waals surface area contributed by atoms with E-state index in [0.29, 0.717) is 0 Å². The highest BCUT2D eigenvalue weighted by atomic mass is 16.5. The molecular formula is C20H23N3O2. The van der Waals surface area contributed by atoms with Crippen LogP contribution in [0.15, 0.2) is 42.6 Å². The largest absolute Gasteiger partial charge is 0.497 e. The van der Waals surface area contributed by atoms with Gasteiger partial charge in [-0.05, 0) is 41.5 Å². The van der Waals surface area contributed by atoms with Gasteiger partial charge in [0.25, 0.3) is 0 Å². The molecular weight excluding hydrogens is 314 g/mol. The van der Waals surface area contributed by atoms with E-state index in [1.54, 1.807) is 7.11 Å². The summed E-state index contributed by atoms with van der Waals surface area (Å²) in [5.74, 6) is 1.82. The third kappa shape index (κ3) is 3.52. The first-order valence-electron chi connectivity index (χ1n) is 8.63. The fourth-order valence-corrected chi connectivity index (χ4v) is 3.36. The predicted molar refractivity (Wildman–Crippen MR) is 97.8 cm³/mol. The van der Waals surface area contributed by atoms with E-state index in [-0.39, 0.29) is 6.10 Å². The van der Waals surface area contributed by atoms with E-state index in [1.807, 2.05) is 19.2 Å². The van der Waals surface area contributed by atoms with Crippen molar-refractivity contribution < 1.29 is 9.47 Å². The number of nitrogens with one attached hydrogen (secondary N) is 1. The average molecular weight is 337 g/mol. The van der Waals surface area contributed by atoms with Gasteiger partial charge in [0.1, 0.15) is 17.7 Å². The summed E-state index contributed by atoms with van der Waals surface area (Å²) in [7, 11) is 1.70. The highest BCUT2D eigenvalue weighted by molar-refractivity contribution is 5.84. The molecule has 1 N–H and O–H groups in total. The fourth-order valence-electron chi connectivity index (χ4n) is 3.36. The van der Waals surface area contributed by atoms with Gasteiger partial charge in [-0.25, -0.2) is 4.98 Å². The minimum absolute atomic E-state index is 0.0205. The highest BCUT2D eigenvalue weighted by Gasteiger charge is 2.24. The fraction of sp³-hybridized carbons (Fsp3) is 0.350. The Kier molecular flexibility index (Phi) is 4.42. The number of rotatable bonds is 4. The summed E-state index contributed by atoms with van der Waals surface area (Å²) in [6.45, 7) is 5.46. The molecule has 0 spiro atoms. The van der Waals surface area contributed by atoms with Gasteiger partial charge >= 0.3 is 0 Å². The summed E-state index contributed by atoms with van der Waals surface area (Å²) >= 11 is 0. The summed E-state index contributed by atoms with van der Waals surface area (Å²) in [6, 6.07) is 12.8. The monoisotopic (exact) mass is 337 g/mol. The van der Waals surface area contributed by atoms with Crippen LogP contribution in [-0.2, 0) is 11.3 Å². The number of imidazole rings is 1. The van der Waals surface area contributed by atoms with E-state index in [0.717, 1.165) is 43.5 Å². The Morgan fingerprint density at radius 1 is 1.24 bits per heavy atom. The third-order valence-electron chi connectivity index (χ3n) is 4.70. The lowest BCUT2D eigenvalue weighted by Gasteiger charge is -2.32. The average Bonchev–Trinajstić information content (AvgIpc) is 3.08. The predicted octanol–water partition coefficient (Wildman–Crippen LogP) is 3.45. The van der Waals surface area contributed by atoms with E-state index in [2.05, 4.69) is 45.2 Å². The normalized spacial score (nSPS) is 18.6. The molecule has 0 aliphatic carbocycles. The highest BCUT2D eigenvalue weighted by Crippen LogP contribution is 2.24. The Labute approximate surface area is 147 Å². The topological polar surface area (TPSA) is 50.4 Å². The molecule has 1 aromatic heterocycles. The number of benzene rings is 2. The number of H-pyrrole nitrogens is 1. The molecule has 1 fully saturated rings. The zero-order valence-electron chi connectivity index (χ0n) is 14.7. The number of aryl methyl sites for hydroxylation is 1. The summed E-state index contributed by atoms with van der Waals surface area (Å²) < 4.78 is 11.2. The number of ether oxygens (including phenoxy) is 2. The molecule has 3 aromatic rings. The van der Waals surface area contributed by atoms with Gasteiger partial charge in [-0.3, -0.25) is 4.90 Å². The van der Waals surface area contributed by atoms with Gasteiger partial charge < -0.3 is 14.5 Å². The van der Waals surface area contributed by atoms with Crippen LogP contribution in [0.4, 0.5) is 0 Å². The molecule has 1 unspecified atom stereocenters. The van der Waals surface area contributed by atoms with Crippen molar-refractivity contribution in [1.82, 2.24) is 14.9 Å². The molecule has 130 valence electrons. The molecule has 0 amide bonds. The van der Waals surface area contributed by atoms with Crippen LogP contribution in [0.25, 0.3) is 10.8 Å². The zero-order chi connectivity index (χ0) is 17.2. The van der Waals surface area contributed by atoms with Gasteiger partial charge in [0.2, 0.25) is 0 Å². The quantitative estimate of drug-likeness (QED) is 0.792. The molecule has 0 saturated carbocycles. The minimum atomic E-state index is 0.0205. The van der Waals surface area contributed by atoms with Crippen molar-refractivity contribution in [2.24, 2.45) is 0 Å². The molecule has 5 heteroatoms. The maximum absolute atomic E-state index is 5.89. The standard InChI is InChI=1S/C20H23N3O2/c1-14-11-21-20(22-14)19-13-23(7-8-25-19)12-15-3-4-17-10-18(24-2)6-5-16(17)9-15/h3-6,9-11,19H,7-8,12-13H2,1-2H3,(H,21,22). The summed E-state index contributed by atoms with van der Waals surface area (Å²) in [5.41, 5.74) is 2.38. The number of aromatic nitrogens is 2. The van der Waals surface area contributed by atoms with Crippen molar-refractivity contribution in [2.75, 3.05) is 26.8 Å². The molecule has 4 rings (SSSR count). The van der Waals surface area contributed by atoms with Crippen molar-refractivity contribution >= 4 is 10.8 Å². The van der Waals surface area contributed by atoms with Crippen molar-refractivity contribution in [3.8, 4) is 5.75 Å². The molecule has 1 aliphatic rings. The van der Waals surface area contributed by atoms with Gasteiger partial charge in [0.05, 0.1) is 13.7 Å². The lowest BCUT2D eigenvalue weighted by Crippen LogP contribution is -2.38. The lowest BCUT2D eigenvalue weighted by molar-refractivity contribution is -0.0368. The smallest absolute Gasteiger partial charge is 0.136 e. The van der Waals surface area contributed by atoms with Crippen LogP contribution in [0.3, 0.4) is 0 Å². The van der Waals surface area contributed by atoms with Crippen molar-refractivity contribution in [3.05, 3.63) is 59.7 Å². The number of hydrogen-bond acceptors (Lipinski definition) is 4. The number of morpholine rings is 1. The Hall–Kier alpha value is -2.37. The first kappa shape index (κ1) is 16.1. The number of methoxy groups -OCH3 is 1. The Bertz CT molecular complexity index is 874. The second-order valence-corrected chi connectivity index (χ2v) is 6.59. The number of nitrogens with zero attached hydrogens (tertiary/aromatic N) is 2. The second-order valence-electron chi connectivity index (χ2n) is 6.59. The van der Waals surface area contributed by atoms with E-state index < -0.39 is 0 Å². The van der Waals surface area contributed by atoms with Crippen LogP contribution < -0.4 is 4.74 Å². The van der Waals surface area contributed by atoms with Gasteiger partial charge in [-0.2, -0.15) is 0 Å². The van der Waals surface area contributed by atoms with Gasteiger partial charge in [-0.1, -0.05) is 18.2 Å².